The topological polar surface area (TPSA) is 82.2 Å². The predicted octanol–water partition coefficient (Wildman–Crippen LogP) is 4.16. The third-order valence-electron chi connectivity index (χ3n) is 5.80. The van der Waals surface area contributed by atoms with Crippen molar-refractivity contribution in [3.05, 3.63) is 24.3 Å². The maximum Gasteiger partial charge on any atom is 0.314 e. The molecule has 1 heterocycles. The average Bonchev–Trinajstić information content (AvgIpc) is 2.75. The van der Waals surface area contributed by atoms with Crippen molar-refractivity contribution in [2.45, 2.75) is 57.9 Å². The van der Waals surface area contributed by atoms with Gasteiger partial charge in [0.05, 0.1) is 5.52 Å². The second-order valence-corrected chi connectivity index (χ2v) is 8.49. The van der Waals surface area contributed by atoms with Gasteiger partial charge in [0, 0.05) is 38.6 Å². The van der Waals surface area contributed by atoms with Gasteiger partial charge in [-0.15, -0.1) is 0 Å². The van der Waals surface area contributed by atoms with E-state index in [2.05, 4.69) is 28.9 Å². The zero-order valence-electron chi connectivity index (χ0n) is 18.6. The first-order valence-corrected chi connectivity index (χ1v) is 11.3. The molecule has 1 saturated carbocycles. The van der Waals surface area contributed by atoms with E-state index in [0.29, 0.717) is 17.9 Å². The summed E-state index contributed by atoms with van der Waals surface area (Å²) < 4.78 is 0. The number of hydrogen-bond acceptors (Lipinski definition) is 5. The van der Waals surface area contributed by atoms with Crippen LogP contribution in [0.4, 0.5) is 16.6 Å². The molecule has 0 radical (unpaired) electrons. The number of nitrogens with zero attached hydrogens (tertiary/aromatic N) is 3. The van der Waals surface area contributed by atoms with Crippen LogP contribution in [0.5, 0.6) is 0 Å². The Labute approximate surface area is 180 Å². The summed E-state index contributed by atoms with van der Waals surface area (Å²) in [5.41, 5.74) is 0.960. The molecule has 0 bridgehead atoms. The molecule has 0 atom stereocenters. The van der Waals surface area contributed by atoms with Crippen LogP contribution >= 0.6 is 0 Å². The highest BCUT2D eigenvalue weighted by Crippen LogP contribution is 2.28. The van der Waals surface area contributed by atoms with Crippen LogP contribution in [0.3, 0.4) is 0 Å². The molecule has 3 rings (SSSR count). The number of anilines is 2. The Morgan fingerprint density at radius 3 is 2.57 bits per heavy atom. The number of nitrogens with one attached hydrogen (secondary N) is 3. The molecule has 2 aromatic rings. The van der Waals surface area contributed by atoms with Crippen LogP contribution in [0.2, 0.25) is 0 Å². The minimum Gasteiger partial charge on any atom is -0.362 e. The standard InChI is InChI=1S/C23H36N6O/c1-4-5-8-15-24-23(30)25-16-17-11-13-18(14-12-17)26-22-27-20-10-7-6-9-19(20)21(28-22)29(2)3/h6-7,9-10,17-18H,4-5,8,11-16H2,1-3H3,(H2,24,25,30)(H,26,27,28). The van der Waals surface area contributed by atoms with Crippen molar-refractivity contribution >= 4 is 28.7 Å². The highest BCUT2D eigenvalue weighted by Gasteiger charge is 2.22. The van der Waals surface area contributed by atoms with E-state index >= 15 is 0 Å². The number of hydrogen-bond donors (Lipinski definition) is 3. The van der Waals surface area contributed by atoms with E-state index < -0.39 is 0 Å². The molecular formula is C23H36N6O. The fourth-order valence-corrected chi connectivity index (χ4v) is 4.04. The maximum absolute atomic E-state index is 11.9. The molecule has 1 aromatic heterocycles. The normalized spacial score (nSPS) is 18.8. The molecule has 0 unspecified atom stereocenters. The molecule has 7 nitrogen and oxygen atoms in total. The highest BCUT2D eigenvalue weighted by atomic mass is 16.2. The van der Waals surface area contributed by atoms with E-state index in [4.69, 9.17) is 9.97 Å². The van der Waals surface area contributed by atoms with Gasteiger partial charge in [-0.05, 0) is 50.2 Å². The first-order valence-electron chi connectivity index (χ1n) is 11.3. The Bertz CT molecular complexity index is 816. The summed E-state index contributed by atoms with van der Waals surface area (Å²) >= 11 is 0. The maximum atomic E-state index is 11.9. The minimum absolute atomic E-state index is 0.0351. The molecule has 0 aliphatic heterocycles. The van der Waals surface area contributed by atoms with Gasteiger partial charge >= 0.3 is 6.03 Å². The van der Waals surface area contributed by atoms with Gasteiger partial charge < -0.3 is 20.9 Å². The summed E-state index contributed by atoms with van der Waals surface area (Å²) in [6.45, 7) is 3.68. The van der Waals surface area contributed by atoms with E-state index in [9.17, 15) is 4.79 Å². The zero-order valence-corrected chi connectivity index (χ0v) is 18.6. The lowest BCUT2D eigenvalue weighted by atomic mass is 9.86. The second kappa shape index (κ2) is 11.0. The van der Waals surface area contributed by atoms with Gasteiger partial charge in [0.2, 0.25) is 5.95 Å². The van der Waals surface area contributed by atoms with E-state index in [1.165, 1.54) is 6.42 Å². The van der Waals surface area contributed by atoms with Crippen molar-refractivity contribution < 1.29 is 4.79 Å². The predicted molar refractivity (Wildman–Crippen MR) is 124 cm³/mol. The molecule has 3 N–H and O–H groups in total. The van der Waals surface area contributed by atoms with Gasteiger partial charge in [-0.25, -0.2) is 9.78 Å². The minimum atomic E-state index is -0.0351. The van der Waals surface area contributed by atoms with Gasteiger partial charge in [0.15, 0.2) is 0 Å². The van der Waals surface area contributed by atoms with Gasteiger partial charge in [-0.1, -0.05) is 31.9 Å². The fourth-order valence-electron chi connectivity index (χ4n) is 4.04. The van der Waals surface area contributed by atoms with E-state index in [1.54, 1.807) is 0 Å². The Morgan fingerprint density at radius 2 is 1.83 bits per heavy atom. The Kier molecular flexibility index (Phi) is 8.11. The SMILES string of the molecule is CCCCCNC(=O)NCC1CCC(Nc2nc(N(C)C)c3ccccc3n2)CC1. The average molecular weight is 413 g/mol. The monoisotopic (exact) mass is 412 g/mol. The molecule has 0 spiro atoms. The summed E-state index contributed by atoms with van der Waals surface area (Å²) in [6.07, 6.45) is 7.71. The number of urea groups is 1. The van der Waals surface area contributed by atoms with Crippen LogP contribution in [-0.2, 0) is 0 Å². The molecule has 30 heavy (non-hydrogen) atoms. The number of para-hydroxylation sites is 1. The molecule has 7 heteroatoms. The number of aromatic nitrogens is 2. The van der Waals surface area contributed by atoms with Crippen LogP contribution in [0.15, 0.2) is 24.3 Å². The number of amides is 2. The van der Waals surface area contributed by atoms with Crippen molar-refractivity contribution in [1.82, 2.24) is 20.6 Å². The number of fused-ring (bicyclic) bond motifs is 1. The van der Waals surface area contributed by atoms with Crippen molar-refractivity contribution in [2.24, 2.45) is 5.92 Å². The summed E-state index contributed by atoms with van der Waals surface area (Å²) in [5, 5.41) is 10.6. The zero-order chi connectivity index (χ0) is 21.3. The van der Waals surface area contributed by atoms with Crippen LogP contribution in [0.25, 0.3) is 10.9 Å². The largest absolute Gasteiger partial charge is 0.362 e. The molecule has 2 amide bonds. The fraction of sp³-hybridized carbons (Fsp3) is 0.609. The van der Waals surface area contributed by atoms with Crippen molar-refractivity contribution in [3.8, 4) is 0 Å². The molecule has 1 fully saturated rings. The Hall–Kier alpha value is -2.57. The third kappa shape index (κ3) is 6.21. The van der Waals surface area contributed by atoms with E-state index in [1.807, 2.05) is 37.2 Å². The van der Waals surface area contributed by atoms with E-state index in [-0.39, 0.29) is 6.03 Å². The molecule has 1 aliphatic carbocycles. The van der Waals surface area contributed by atoms with Crippen molar-refractivity contribution in [2.75, 3.05) is 37.4 Å². The van der Waals surface area contributed by atoms with E-state index in [0.717, 1.165) is 68.3 Å². The Morgan fingerprint density at radius 1 is 1.07 bits per heavy atom. The van der Waals surface area contributed by atoms with Gasteiger partial charge in [0.1, 0.15) is 5.82 Å². The summed E-state index contributed by atoms with van der Waals surface area (Å²) in [6, 6.07) is 8.47. The smallest absolute Gasteiger partial charge is 0.314 e. The van der Waals surface area contributed by atoms with Crippen LogP contribution in [-0.4, -0.2) is 49.2 Å². The van der Waals surface area contributed by atoms with Gasteiger partial charge in [0.25, 0.3) is 0 Å². The molecule has 0 saturated heterocycles. The summed E-state index contributed by atoms with van der Waals surface area (Å²) in [7, 11) is 4.02. The first kappa shape index (κ1) is 22.1. The first-order chi connectivity index (χ1) is 14.6. The van der Waals surface area contributed by atoms with Crippen molar-refractivity contribution in [1.29, 1.82) is 0 Å². The lowest BCUT2D eigenvalue weighted by Crippen LogP contribution is -2.40. The second-order valence-electron chi connectivity index (χ2n) is 8.49. The van der Waals surface area contributed by atoms with Crippen LogP contribution in [0.1, 0.15) is 51.9 Å². The number of unbranched alkanes of at least 4 members (excludes halogenated alkanes) is 2. The summed E-state index contributed by atoms with van der Waals surface area (Å²) in [5.74, 6) is 2.18. The van der Waals surface area contributed by atoms with Crippen LogP contribution < -0.4 is 20.9 Å². The number of rotatable bonds is 9. The molecular weight excluding hydrogens is 376 g/mol. The van der Waals surface area contributed by atoms with Crippen molar-refractivity contribution in [3.63, 3.8) is 0 Å². The van der Waals surface area contributed by atoms with Crippen LogP contribution in [0, 0.1) is 5.92 Å². The highest BCUT2D eigenvalue weighted by molar-refractivity contribution is 5.90. The van der Waals surface area contributed by atoms with Gasteiger partial charge in [-0.2, -0.15) is 4.98 Å². The number of carbonyl (C=O) groups excluding carboxylic acids is 1. The number of benzene rings is 1. The number of carbonyl (C=O) groups is 1. The third-order valence-corrected chi connectivity index (χ3v) is 5.80. The lowest BCUT2D eigenvalue weighted by Gasteiger charge is -2.29. The quantitative estimate of drug-likeness (QED) is 0.539. The summed E-state index contributed by atoms with van der Waals surface area (Å²) in [4.78, 5) is 23.4. The lowest BCUT2D eigenvalue weighted by molar-refractivity contribution is 0.235. The van der Waals surface area contributed by atoms with Gasteiger partial charge in [-0.3, -0.25) is 0 Å². The Balaban J connectivity index is 1.46. The molecule has 1 aromatic carbocycles. The molecule has 1 aliphatic rings. The molecule has 164 valence electrons.